The molecule has 0 aromatic heterocycles. The van der Waals surface area contributed by atoms with Crippen molar-refractivity contribution in [2.75, 3.05) is 9.80 Å². The first-order valence-corrected chi connectivity index (χ1v) is 20.9. The van der Waals surface area contributed by atoms with Crippen LogP contribution in [-0.4, -0.2) is 0 Å². The van der Waals surface area contributed by atoms with Crippen LogP contribution in [0.4, 0.5) is 126 Å². The number of benzene rings is 6. The number of rotatable bonds is 8. The monoisotopic (exact) mass is 1050 g/mol. The van der Waals surface area contributed by atoms with Crippen LogP contribution in [0.3, 0.4) is 0 Å². The van der Waals surface area contributed by atoms with Gasteiger partial charge < -0.3 is 9.80 Å². The summed E-state index contributed by atoms with van der Waals surface area (Å²) >= 11 is 0. The van der Waals surface area contributed by atoms with Crippen molar-refractivity contribution in [2.24, 2.45) is 0 Å². The molecule has 384 valence electrons. The Morgan fingerprint density at radius 2 is 0.528 bits per heavy atom. The van der Waals surface area contributed by atoms with Gasteiger partial charge >= 0.3 is 43.2 Å². The third-order valence-electron chi connectivity index (χ3n) is 12.0. The topological polar surface area (TPSA) is 6.48 Å². The summed E-state index contributed by atoms with van der Waals surface area (Å²) in [5.41, 5.74) is -17.5. The Balaban J connectivity index is 1.40. The standard InChI is InChI=1S/C49H31F21N2/c50-43(51,52)29-5-4-6-38(20-29)71(39-21-30(44(53,54)55)17-31(22-39)45(56,57)58)36-11-7-27(8-12-36)42(15-2-1-3-16-42)28-9-13-37(14-10-28)72(40-23-32(46(59,60)61)18-33(24-40)47(62,63)64)41-25-34(48(65,66)67)19-35(26-41)49(68,69)70/h4-14,17-26H,1-3,15-16H2. The van der Waals surface area contributed by atoms with Crippen LogP contribution in [0, 0.1) is 0 Å². The van der Waals surface area contributed by atoms with Gasteiger partial charge in [0, 0.05) is 39.5 Å². The van der Waals surface area contributed by atoms with Crippen LogP contribution in [0.1, 0.15) is 82.2 Å². The van der Waals surface area contributed by atoms with E-state index < -0.39 is 116 Å². The highest BCUT2D eigenvalue weighted by atomic mass is 19.4. The minimum absolute atomic E-state index is 0.104. The van der Waals surface area contributed by atoms with E-state index in [-0.39, 0.29) is 61.0 Å². The summed E-state index contributed by atoms with van der Waals surface area (Å²) in [4.78, 5) is 1.08. The quantitative estimate of drug-likeness (QED) is 0.140. The molecule has 0 radical (unpaired) electrons. The largest absolute Gasteiger partial charge is 0.416 e. The van der Waals surface area contributed by atoms with Crippen molar-refractivity contribution in [3.05, 3.63) is 177 Å². The summed E-state index contributed by atoms with van der Waals surface area (Å²) < 4.78 is 296. The molecule has 0 heterocycles. The second-order valence-electron chi connectivity index (χ2n) is 16.7. The van der Waals surface area contributed by atoms with Gasteiger partial charge in [0.25, 0.3) is 0 Å². The molecule has 72 heavy (non-hydrogen) atoms. The molecule has 1 aliphatic carbocycles. The fraction of sp³-hybridized carbons (Fsp3) is 0.265. The van der Waals surface area contributed by atoms with Crippen molar-refractivity contribution in [3.63, 3.8) is 0 Å². The fourth-order valence-electron chi connectivity index (χ4n) is 8.68. The molecule has 0 unspecified atom stereocenters. The van der Waals surface area contributed by atoms with Crippen molar-refractivity contribution < 1.29 is 92.2 Å². The molecule has 6 aromatic rings. The molecule has 0 atom stereocenters. The van der Waals surface area contributed by atoms with Gasteiger partial charge in [-0.3, -0.25) is 0 Å². The van der Waals surface area contributed by atoms with Gasteiger partial charge in [-0.2, -0.15) is 92.2 Å². The molecule has 1 fully saturated rings. The van der Waals surface area contributed by atoms with Gasteiger partial charge in [0.05, 0.1) is 38.9 Å². The SMILES string of the molecule is FC(F)(F)c1cccc(N(c2ccc(C3(c4ccc(N(c5cc(C(F)(F)F)cc(C(F)(F)F)c5)c5cc(C(F)(F)F)cc(C(F)(F)F)c5)cc4)CCCCC3)cc2)c2cc(C(F)(F)F)cc(C(F)(F)F)c2)c1. The normalized spacial score (nSPS) is 15.1. The van der Waals surface area contributed by atoms with Gasteiger partial charge in [0.2, 0.25) is 0 Å². The Hall–Kier alpha value is -6.55. The number of alkyl halides is 21. The predicted octanol–water partition coefficient (Wildman–Crippen LogP) is 19.0. The number of halogens is 21. The Morgan fingerprint density at radius 3 is 0.806 bits per heavy atom. The summed E-state index contributed by atoms with van der Waals surface area (Å²) in [6.45, 7) is 0. The molecule has 1 saturated carbocycles. The van der Waals surface area contributed by atoms with Crippen molar-refractivity contribution in [2.45, 2.75) is 80.8 Å². The summed E-state index contributed by atoms with van der Waals surface area (Å²) in [5.74, 6) is 0. The minimum Gasteiger partial charge on any atom is -0.310 e. The van der Waals surface area contributed by atoms with Crippen LogP contribution in [0.15, 0.2) is 127 Å². The van der Waals surface area contributed by atoms with Crippen LogP contribution in [0.25, 0.3) is 0 Å². The second-order valence-corrected chi connectivity index (χ2v) is 16.7. The van der Waals surface area contributed by atoms with Crippen molar-refractivity contribution in [3.8, 4) is 0 Å². The fourth-order valence-corrected chi connectivity index (χ4v) is 8.68. The number of anilines is 6. The molecule has 0 saturated heterocycles. The lowest BCUT2D eigenvalue weighted by atomic mass is 9.65. The molecular weight excluding hydrogens is 1020 g/mol. The summed E-state index contributed by atoms with van der Waals surface area (Å²) in [5, 5.41) is 0. The molecule has 0 N–H and O–H groups in total. The molecule has 0 bridgehead atoms. The van der Waals surface area contributed by atoms with E-state index in [0.717, 1.165) is 29.2 Å². The average Bonchev–Trinajstić information content (AvgIpc) is 3.28. The van der Waals surface area contributed by atoms with Crippen molar-refractivity contribution >= 4 is 34.1 Å². The Labute approximate surface area is 393 Å². The highest BCUT2D eigenvalue weighted by Crippen LogP contribution is 2.50. The first kappa shape index (κ1) is 53.3. The zero-order chi connectivity index (χ0) is 53.2. The zero-order valence-electron chi connectivity index (χ0n) is 36.0. The molecule has 1 aliphatic rings. The minimum atomic E-state index is -5.51. The first-order chi connectivity index (χ1) is 33.1. The highest BCUT2D eigenvalue weighted by molar-refractivity contribution is 5.80. The van der Waals surface area contributed by atoms with Gasteiger partial charge in [-0.1, -0.05) is 49.6 Å². The average molecular weight is 1050 g/mol. The Kier molecular flexibility index (Phi) is 13.7. The van der Waals surface area contributed by atoms with E-state index in [1.165, 1.54) is 36.4 Å². The second kappa shape index (κ2) is 18.5. The summed E-state index contributed by atoms with van der Waals surface area (Å²) in [7, 11) is 0. The lowest BCUT2D eigenvalue weighted by Crippen LogP contribution is -2.30. The molecule has 0 amide bonds. The third kappa shape index (κ3) is 11.4. The van der Waals surface area contributed by atoms with E-state index in [2.05, 4.69) is 0 Å². The van der Waals surface area contributed by atoms with Crippen molar-refractivity contribution in [1.82, 2.24) is 0 Å². The van der Waals surface area contributed by atoms with Gasteiger partial charge in [-0.15, -0.1) is 0 Å². The number of nitrogens with zero attached hydrogens (tertiary/aromatic N) is 2. The third-order valence-corrected chi connectivity index (χ3v) is 12.0. The Bertz CT molecular complexity index is 2720. The van der Waals surface area contributed by atoms with Crippen LogP contribution >= 0.6 is 0 Å². The van der Waals surface area contributed by atoms with E-state index in [1.54, 1.807) is 0 Å². The van der Waals surface area contributed by atoms with Gasteiger partial charge in [0.15, 0.2) is 0 Å². The number of hydrogen-bond acceptors (Lipinski definition) is 2. The van der Waals surface area contributed by atoms with Crippen LogP contribution in [0.2, 0.25) is 0 Å². The maximum absolute atomic E-state index is 14.1. The summed E-state index contributed by atoms with van der Waals surface area (Å²) in [6, 6.07) is 13.0. The molecule has 0 aliphatic heterocycles. The summed E-state index contributed by atoms with van der Waals surface area (Å²) in [6.07, 6.45) is -35.7. The predicted molar refractivity (Wildman–Crippen MR) is 221 cm³/mol. The molecule has 2 nitrogen and oxygen atoms in total. The Morgan fingerprint density at radius 1 is 0.264 bits per heavy atom. The van der Waals surface area contributed by atoms with E-state index in [0.29, 0.717) is 59.6 Å². The molecule has 6 aromatic carbocycles. The molecule has 0 spiro atoms. The van der Waals surface area contributed by atoms with Crippen LogP contribution in [0.5, 0.6) is 0 Å². The lowest BCUT2D eigenvalue weighted by Gasteiger charge is -2.39. The lowest BCUT2D eigenvalue weighted by molar-refractivity contribution is -0.144. The number of hydrogen-bond donors (Lipinski definition) is 0. The molecule has 7 rings (SSSR count). The van der Waals surface area contributed by atoms with Gasteiger partial charge in [-0.05, 0) is 121 Å². The zero-order valence-corrected chi connectivity index (χ0v) is 36.0. The molecular formula is C49H31F21N2. The van der Waals surface area contributed by atoms with E-state index in [4.69, 9.17) is 0 Å². The van der Waals surface area contributed by atoms with Crippen LogP contribution < -0.4 is 9.80 Å². The van der Waals surface area contributed by atoms with Crippen molar-refractivity contribution in [1.29, 1.82) is 0 Å². The van der Waals surface area contributed by atoms with E-state index in [9.17, 15) is 92.2 Å². The van der Waals surface area contributed by atoms with E-state index in [1.807, 2.05) is 0 Å². The highest BCUT2D eigenvalue weighted by Gasteiger charge is 2.43. The smallest absolute Gasteiger partial charge is 0.310 e. The van der Waals surface area contributed by atoms with Gasteiger partial charge in [0.1, 0.15) is 0 Å². The van der Waals surface area contributed by atoms with Crippen LogP contribution in [-0.2, 0) is 48.6 Å². The maximum Gasteiger partial charge on any atom is 0.416 e. The first-order valence-electron chi connectivity index (χ1n) is 20.9. The van der Waals surface area contributed by atoms with Gasteiger partial charge in [-0.25, -0.2) is 0 Å². The maximum atomic E-state index is 14.1. The van der Waals surface area contributed by atoms with E-state index >= 15 is 0 Å². The molecule has 23 heteroatoms.